The van der Waals surface area contributed by atoms with Crippen LogP contribution in [0.5, 0.6) is 0 Å². The van der Waals surface area contributed by atoms with Gasteiger partial charge in [0.15, 0.2) is 5.11 Å². The summed E-state index contributed by atoms with van der Waals surface area (Å²) in [5, 5.41) is 18.2. The molecule has 1 aliphatic heterocycles. The highest BCUT2D eigenvalue weighted by Gasteiger charge is 2.42. The van der Waals surface area contributed by atoms with Crippen LogP contribution in [0.25, 0.3) is 11.3 Å². The van der Waals surface area contributed by atoms with Gasteiger partial charge in [-0.3, -0.25) is 19.9 Å². The van der Waals surface area contributed by atoms with E-state index in [1.807, 2.05) is 35.2 Å². The maximum atomic E-state index is 11.9. The second kappa shape index (κ2) is 10.8. The Labute approximate surface area is 223 Å². The number of para-hydroxylation sites is 1. The average Bonchev–Trinajstić information content (AvgIpc) is 3.54. The SMILES string of the molecule is COCC(=O)Nc1ccc(N2C(=S)N[C@H](c3ccccn3)[C@H]2c2ccc(-c3ccccc3[N+](=O)[O-])o2)cc1. The van der Waals surface area contributed by atoms with Crippen molar-refractivity contribution in [1.82, 2.24) is 10.3 Å². The summed E-state index contributed by atoms with van der Waals surface area (Å²) in [7, 11) is 1.46. The van der Waals surface area contributed by atoms with E-state index in [0.29, 0.717) is 27.9 Å². The van der Waals surface area contributed by atoms with E-state index in [1.54, 1.807) is 48.7 Å². The number of nitrogens with one attached hydrogen (secondary N) is 2. The summed E-state index contributed by atoms with van der Waals surface area (Å²) >= 11 is 5.74. The molecule has 10 nitrogen and oxygen atoms in total. The van der Waals surface area contributed by atoms with Gasteiger partial charge in [-0.1, -0.05) is 18.2 Å². The molecule has 1 saturated heterocycles. The zero-order valence-electron chi connectivity index (χ0n) is 20.2. The number of nitrogens with zero attached hydrogens (tertiary/aromatic N) is 3. The first-order valence-corrected chi connectivity index (χ1v) is 12.1. The van der Waals surface area contributed by atoms with Gasteiger partial charge in [0, 0.05) is 30.7 Å². The molecule has 4 aromatic rings. The molecule has 1 aliphatic rings. The van der Waals surface area contributed by atoms with Crippen LogP contribution < -0.4 is 15.5 Å². The number of carbonyl (C=O) groups excluding carboxylic acids is 1. The van der Waals surface area contributed by atoms with Crippen LogP contribution in [-0.2, 0) is 9.53 Å². The first kappa shape index (κ1) is 25.1. The lowest BCUT2D eigenvalue weighted by Gasteiger charge is -2.26. The number of hydrogen-bond acceptors (Lipinski definition) is 7. The highest BCUT2D eigenvalue weighted by atomic mass is 32.1. The molecule has 192 valence electrons. The first-order chi connectivity index (χ1) is 18.5. The Kier molecular flexibility index (Phi) is 7.11. The molecule has 5 rings (SSSR count). The number of hydrogen-bond donors (Lipinski definition) is 2. The van der Waals surface area contributed by atoms with Crippen molar-refractivity contribution in [2.24, 2.45) is 0 Å². The van der Waals surface area contributed by atoms with Crippen LogP contribution in [0.15, 0.2) is 89.5 Å². The maximum Gasteiger partial charge on any atom is 0.280 e. The van der Waals surface area contributed by atoms with Crippen LogP contribution in [-0.4, -0.2) is 34.6 Å². The molecule has 38 heavy (non-hydrogen) atoms. The molecule has 0 bridgehead atoms. The number of rotatable bonds is 8. The molecular weight excluding hydrogens is 506 g/mol. The lowest BCUT2D eigenvalue weighted by atomic mass is 10.0. The van der Waals surface area contributed by atoms with Crippen LogP contribution in [0.1, 0.15) is 23.5 Å². The predicted molar refractivity (Wildman–Crippen MR) is 146 cm³/mol. The molecule has 1 amide bonds. The normalized spacial score (nSPS) is 16.8. The summed E-state index contributed by atoms with van der Waals surface area (Å²) in [5.41, 5.74) is 2.48. The number of thiocarbonyl (C=S) groups is 1. The fourth-order valence-electron chi connectivity index (χ4n) is 4.45. The third-order valence-electron chi connectivity index (χ3n) is 6.09. The minimum atomic E-state index is -0.442. The van der Waals surface area contributed by atoms with Gasteiger partial charge in [-0.05, 0) is 66.8 Å². The molecule has 0 radical (unpaired) electrons. The summed E-state index contributed by atoms with van der Waals surface area (Å²) in [6, 6.07) is 22.0. The number of aromatic nitrogens is 1. The van der Waals surface area contributed by atoms with E-state index in [1.165, 1.54) is 13.2 Å². The molecule has 0 unspecified atom stereocenters. The van der Waals surface area contributed by atoms with Crippen LogP contribution >= 0.6 is 12.2 Å². The summed E-state index contributed by atoms with van der Waals surface area (Å²) in [6.45, 7) is -0.0455. The van der Waals surface area contributed by atoms with Gasteiger partial charge in [-0.15, -0.1) is 0 Å². The number of amides is 1. The van der Waals surface area contributed by atoms with Gasteiger partial charge >= 0.3 is 0 Å². The number of nitro benzene ring substituents is 1. The van der Waals surface area contributed by atoms with Gasteiger partial charge in [0.25, 0.3) is 5.69 Å². The monoisotopic (exact) mass is 529 g/mol. The van der Waals surface area contributed by atoms with Gasteiger partial charge in [0.1, 0.15) is 24.2 Å². The van der Waals surface area contributed by atoms with Crippen molar-refractivity contribution in [3.8, 4) is 11.3 Å². The molecule has 0 spiro atoms. The van der Waals surface area contributed by atoms with E-state index in [9.17, 15) is 14.9 Å². The van der Waals surface area contributed by atoms with Gasteiger partial charge < -0.3 is 24.7 Å². The minimum Gasteiger partial charge on any atom is -0.459 e. The number of nitro groups is 1. The number of pyridine rings is 1. The number of methoxy groups -OCH3 is 1. The number of carbonyl (C=O) groups is 1. The first-order valence-electron chi connectivity index (χ1n) is 11.7. The highest BCUT2D eigenvalue weighted by molar-refractivity contribution is 7.80. The average molecular weight is 530 g/mol. The molecular formula is C27H23N5O5S. The third kappa shape index (κ3) is 4.97. The molecule has 0 saturated carbocycles. The van der Waals surface area contributed by atoms with Crippen molar-refractivity contribution < 1.29 is 18.9 Å². The smallest absolute Gasteiger partial charge is 0.280 e. The fourth-order valence-corrected chi connectivity index (χ4v) is 4.80. The lowest BCUT2D eigenvalue weighted by molar-refractivity contribution is -0.384. The fraction of sp³-hybridized carbons (Fsp3) is 0.148. The summed E-state index contributed by atoms with van der Waals surface area (Å²) < 4.78 is 11.1. The maximum absolute atomic E-state index is 11.9. The Hall–Kier alpha value is -4.61. The van der Waals surface area contributed by atoms with E-state index in [2.05, 4.69) is 15.6 Å². The van der Waals surface area contributed by atoms with Crippen molar-refractivity contribution in [3.05, 3.63) is 107 Å². The second-order valence-electron chi connectivity index (χ2n) is 8.50. The second-order valence-corrected chi connectivity index (χ2v) is 8.89. The topological polar surface area (TPSA) is 123 Å². The number of furan rings is 1. The Morgan fingerprint density at radius 1 is 1.13 bits per heavy atom. The van der Waals surface area contributed by atoms with Crippen LogP contribution in [0.2, 0.25) is 0 Å². The van der Waals surface area contributed by atoms with E-state index >= 15 is 0 Å². The number of benzene rings is 2. The molecule has 2 aromatic heterocycles. The van der Waals surface area contributed by atoms with E-state index < -0.39 is 11.0 Å². The van der Waals surface area contributed by atoms with Gasteiger partial charge in [0.05, 0.1) is 22.2 Å². The van der Waals surface area contributed by atoms with E-state index in [0.717, 1.165) is 11.4 Å². The van der Waals surface area contributed by atoms with E-state index in [-0.39, 0.29) is 24.2 Å². The molecule has 0 aliphatic carbocycles. The summed E-state index contributed by atoms with van der Waals surface area (Å²) in [5.74, 6) is 0.671. The molecule has 2 N–H and O–H groups in total. The zero-order chi connectivity index (χ0) is 26.6. The van der Waals surface area contributed by atoms with Crippen molar-refractivity contribution >= 4 is 40.3 Å². The van der Waals surface area contributed by atoms with Crippen LogP contribution in [0.4, 0.5) is 17.1 Å². The van der Waals surface area contributed by atoms with Gasteiger partial charge in [-0.2, -0.15) is 0 Å². The standard InChI is InChI=1S/C27H23N5O5S/c1-36-16-24(33)29-17-9-11-18(12-10-17)31-26(25(30-27(31)38)20-7-4-5-15-28-20)23-14-13-22(37-23)19-6-2-3-8-21(19)32(34)35/h2-15,25-26H,16H2,1H3,(H,29,33)(H,30,38)/t25-,26-/m1/s1. The Bertz CT molecular complexity index is 1470. The van der Waals surface area contributed by atoms with E-state index in [4.69, 9.17) is 21.4 Å². The zero-order valence-corrected chi connectivity index (χ0v) is 21.1. The molecule has 2 aromatic carbocycles. The van der Waals surface area contributed by atoms with Crippen molar-refractivity contribution in [3.63, 3.8) is 0 Å². The van der Waals surface area contributed by atoms with Gasteiger partial charge in [-0.25, -0.2) is 0 Å². The highest BCUT2D eigenvalue weighted by Crippen LogP contribution is 2.43. The largest absolute Gasteiger partial charge is 0.459 e. The molecule has 1 fully saturated rings. The third-order valence-corrected chi connectivity index (χ3v) is 6.40. The molecule has 11 heteroatoms. The van der Waals surface area contributed by atoms with Crippen LogP contribution in [0.3, 0.4) is 0 Å². The van der Waals surface area contributed by atoms with Crippen LogP contribution in [0, 0.1) is 10.1 Å². The quantitative estimate of drug-likeness (QED) is 0.184. The predicted octanol–water partition coefficient (Wildman–Crippen LogP) is 5.01. The number of anilines is 2. The summed E-state index contributed by atoms with van der Waals surface area (Å²) in [4.78, 5) is 29.5. The van der Waals surface area contributed by atoms with Crippen molar-refractivity contribution in [2.45, 2.75) is 12.1 Å². The Morgan fingerprint density at radius 3 is 2.61 bits per heavy atom. The Balaban J connectivity index is 1.53. The molecule has 2 atom stereocenters. The van der Waals surface area contributed by atoms with Crippen molar-refractivity contribution in [1.29, 1.82) is 0 Å². The molecule has 3 heterocycles. The summed E-state index contributed by atoms with van der Waals surface area (Å²) in [6.07, 6.45) is 1.71. The Morgan fingerprint density at radius 2 is 1.89 bits per heavy atom. The number of ether oxygens (including phenoxy) is 1. The van der Waals surface area contributed by atoms with Crippen molar-refractivity contribution in [2.75, 3.05) is 23.9 Å². The minimum absolute atomic E-state index is 0.0438. The van der Waals surface area contributed by atoms with Gasteiger partial charge in [0.2, 0.25) is 5.91 Å². The lowest BCUT2D eigenvalue weighted by Crippen LogP contribution is -2.29.